The number of fused-ring (bicyclic) bond motifs is 1. The summed E-state index contributed by atoms with van der Waals surface area (Å²) in [5.41, 5.74) is 4.18. The van der Waals surface area contributed by atoms with Crippen LogP contribution in [0.4, 0.5) is 0 Å². The molecule has 0 aliphatic rings. The number of nitrogens with one attached hydrogen (secondary N) is 1. The number of hydrogen-bond donors (Lipinski definition) is 1. The van der Waals surface area contributed by atoms with Gasteiger partial charge < -0.3 is 4.98 Å². The van der Waals surface area contributed by atoms with Crippen molar-refractivity contribution >= 4 is 11.0 Å². The van der Waals surface area contributed by atoms with Crippen molar-refractivity contribution < 1.29 is 0 Å². The van der Waals surface area contributed by atoms with Crippen molar-refractivity contribution in [1.82, 2.24) is 19.7 Å². The van der Waals surface area contributed by atoms with Crippen LogP contribution in [-0.2, 0) is 13.0 Å². The van der Waals surface area contributed by atoms with E-state index in [1.165, 1.54) is 0 Å². The lowest BCUT2D eigenvalue weighted by Crippen LogP contribution is -2.00. The van der Waals surface area contributed by atoms with Crippen molar-refractivity contribution in [2.45, 2.75) is 26.8 Å². The summed E-state index contributed by atoms with van der Waals surface area (Å²) in [5, 5.41) is 13.7. The Morgan fingerprint density at radius 2 is 2.20 bits per heavy atom. The molecule has 2 aromatic heterocycles. The van der Waals surface area contributed by atoms with Crippen molar-refractivity contribution in [3.8, 4) is 17.6 Å². The Labute approximate surface area is 116 Å². The third-order valence-corrected chi connectivity index (χ3v) is 3.37. The Balaban J connectivity index is 2.20. The predicted molar refractivity (Wildman–Crippen MR) is 77.1 cm³/mol. The Morgan fingerprint density at radius 3 is 2.90 bits per heavy atom. The summed E-state index contributed by atoms with van der Waals surface area (Å²) in [5.74, 6) is 0.761. The van der Waals surface area contributed by atoms with E-state index >= 15 is 0 Å². The number of aryl methyl sites for hydroxylation is 2. The second kappa shape index (κ2) is 4.82. The fourth-order valence-electron chi connectivity index (χ4n) is 2.32. The molecule has 2 heterocycles. The molecule has 1 aromatic carbocycles. The van der Waals surface area contributed by atoms with Gasteiger partial charge in [0.05, 0.1) is 16.8 Å². The number of nitrogens with zero attached hydrogens (tertiary/aromatic N) is 4. The van der Waals surface area contributed by atoms with Crippen LogP contribution in [0.15, 0.2) is 24.3 Å². The first-order valence-electron chi connectivity index (χ1n) is 6.72. The van der Waals surface area contributed by atoms with E-state index in [1.807, 2.05) is 22.9 Å². The zero-order valence-corrected chi connectivity index (χ0v) is 11.5. The molecule has 0 saturated heterocycles. The van der Waals surface area contributed by atoms with E-state index in [2.05, 4.69) is 35.0 Å². The molecule has 0 bridgehead atoms. The van der Waals surface area contributed by atoms with Crippen molar-refractivity contribution in [2.24, 2.45) is 0 Å². The molecule has 0 aliphatic carbocycles. The van der Waals surface area contributed by atoms with Crippen LogP contribution in [-0.4, -0.2) is 19.7 Å². The largest absolute Gasteiger partial charge is 0.337 e. The van der Waals surface area contributed by atoms with Gasteiger partial charge in [0.15, 0.2) is 5.82 Å². The molecular weight excluding hydrogens is 250 g/mol. The molecule has 1 N–H and O–H groups in total. The number of imidazole rings is 1. The Morgan fingerprint density at radius 1 is 1.35 bits per heavy atom. The Kier molecular flexibility index (Phi) is 2.99. The minimum absolute atomic E-state index is 0.586. The van der Waals surface area contributed by atoms with E-state index in [0.29, 0.717) is 11.1 Å². The first-order valence-corrected chi connectivity index (χ1v) is 6.72. The number of hydrogen-bond acceptors (Lipinski definition) is 3. The molecule has 0 amide bonds. The third kappa shape index (κ3) is 1.86. The van der Waals surface area contributed by atoms with Gasteiger partial charge in [-0.2, -0.15) is 10.4 Å². The lowest BCUT2D eigenvalue weighted by molar-refractivity contribution is 0.653. The van der Waals surface area contributed by atoms with E-state index in [0.717, 1.165) is 35.7 Å². The maximum atomic E-state index is 9.14. The standard InChI is InChI=1S/C15H15N5/c1-3-11-8-13(20(4-2)19-11)15-17-12-7-5-6-10(9-16)14(12)18-15/h5-8H,3-4H2,1-2H3,(H,17,18). The quantitative estimate of drug-likeness (QED) is 0.791. The molecule has 3 rings (SSSR count). The zero-order valence-electron chi connectivity index (χ0n) is 11.5. The van der Waals surface area contributed by atoms with Gasteiger partial charge in [-0.3, -0.25) is 4.68 Å². The average Bonchev–Trinajstić information content (AvgIpc) is 3.09. The van der Waals surface area contributed by atoms with E-state index in [9.17, 15) is 0 Å². The SMILES string of the molecule is CCc1cc(-c2nc3c(C#N)cccc3[nH]2)n(CC)n1. The molecule has 0 spiro atoms. The van der Waals surface area contributed by atoms with Crippen molar-refractivity contribution in [2.75, 3.05) is 0 Å². The second-order valence-electron chi connectivity index (χ2n) is 4.59. The van der Waals surface area contributed by atoms with Crippen LogP contribution >= 0.6 is 0 Å². The fraction of sp³-hybridized carbons (Fsp3) is 0.267. The third-order valence-electron chi connectivity index (χ3n) is 3.37. The first kappa shape index (κ1) is 12.4. The fourth-order valence-corrected chi connectivity index (χ4v) is 2.32. The smallest absolute Gasteiger partial charge is 0.156 e. The number of nitriles is 1. The highest BCUT2D eigenvalue weighted by Gasteiger charge is 2.13. The Bertz CT molecular complexity index is 803. The topological polar surface area (TPSA) is 70.3 Å². The highest BCUT2D eigenvalue weighted by Crippen LogP contribution is 2.23. The molecule has 0 atom stereocenters. The van der Waals surface area contributed by atoms with Gasteiger partial charge in [-0.25, -0.2) is 4.98 Å². The maximum absolute atomic E-state index is 9.14. The summed E-state index contributed by atoms with van der Waals surface area (Å²) in [6, 6.07) is 9.79. The molecule has 20 heavy (non-hydrogen) atoms. The normalized spacial score (nSPS) is 10.8. The molecule has 5 nitrogen and oxygen atoms in total. The summed E-state index contributed by atoms with van der Waals surface area (Å²) < 4.78 is 1.93. The van der Waals surface area contributed by atoms with Gasteiger partial charge in [0.1, 0.15) is 17.3 Å². The van der Waals surface area contributed by atoms with Crippen LogP contribution in [0.25, 0.3) is 22.6 Å². The van der Waals surface area contributed by atoms with Gasteiger partial charge in [-0.05, 0) is 31.5 Å². The number of para-hydroxylation sites is 1. The van der Waals surface area contributed by atoms with E-state index in [1.54, 1.807) is 6.07 Å². The van der Waals surface area contributed by atoms with E-state index < -0.39 is 0 Å². The monoisotopic (exact) mass is 265 g/mol. The summed E-state index contributed by atoms with van der Waals surface area (Å²) in [7, 11) is 0. The Hall–Kier alpha value is -2.61. The predicted octanol–water partition coefficient (Wildman–Crippen LogP) is 2.88. The minimum atomic E-state index is 0.586. The van der Waals surface area contributed by atoms with Crippen LogP contribution < -0.4 is 0 Å². The first-order chi connectivity index (χ1) is 9.76. The lowest BCUT2D eigenvalue weighted by atomic mass is 10.2. The molecule has 0 saturated carbocycles. The molecular formula is C15H15N5. The van der Waals surface area contributed by atoms with Crippen LogP contribution in [0, 0.1) is 11.3 Å². The molecule has 0 fully saturated rings. The number of aromatic amines is 1. The van der Waals surface area contributed by atoms with Crippen LogP contribution in [0.1, 0.15) is 25.1 Å². The molecule has 100 valence electrons. The zero-order chi connectivity index (χ0) is 14.1. The van der Waals surface area contributed by atoms with Gasteiger partial charge in [0.2, 0.25) is 0 Å². The number of aromatic nitrogens is 4. The summed E-state index contributed by atoms with van der Waals surface area (Å²) >= 11 is 0. The number of benzene rings is 1. The average molecular weight is 265 g/mol. The molecule has 3 aromatic rings. The van der Waals surface area contributed by atoms with Gasteiger partial charge in [0, 0.05) is 6.54 Å². The second-order valence-corrected chi connectivity index (χ2v) is 4.59. The van der Waals surface area contributed by atoms with E-state index in [-0.39, 0.29) is 0 Å². The number of H-pyrrole nitrogens is 1. The summed E-state index contributed by atoms with van der Waals surface area (Å²) in [4.78, 5) is 7.85. The van der Waals surface area contributed by atoms with Crippen molar-refractivity contribution in [3.63, 3.8) is 0 Å². The van der Waals surface area contributed by atoms with Crippen LogP contribution in [0.2, 0.25) is 0 Å². The van der Waals surface area contributed by atoms with Crippen LogP contribution in [0.5, 0.6) is 0 Å². The van der Waals surface area contributed by atoms with Gasteiger partial charge in [0.25, 0.3) is 0 Å². The maximum Gasteiger partial charge on any atom is 0.156 e. The van der Waals surface area contributed by atoms with Crippen molar-refractivity contribution in [1.29, 1.82) is 5.26 Å². The molecule has 0 unspecified atom stereocenters. The molecule has 0 aliphatic heterocycles. The summed E-state index contributed by atoms with van der Waals surface area (Å²) in [6.07, 6.45) is 0.893. The van der Waals surface area contributed by atoms with Crippen LogP contribution in [0.3, 0.4) is 0 Å². The number of rotatable bonds is 3. The van der Waals surface area contributed by atoms with Gasteiger partial charge >= 0.3 is 0 Å². The highest BCUT2D eigenvalue weighted by molar-refractivity contribution is 5.84. The minimum Gasteiger partial charge on any atom is -0.337 e. The van der Waals surface area contributed by atoms with Gasteiger partial charge in [-0.1, -0.05) is 13.0 Å². The molecule has 0 radical (unpaired) electrons. The summed E-state index contributed by atoms with van der Waals surface area (Å²) in [6.45, 7) is 4.93. The van der Waals surface area contributed by atoms with Gasteiger partial charge in [-0.15, -0.1) is 0 Å². The highest BCUT2D eigenvalue weighted by atomic mass is 15.3. The van der Waals surface area contributed by atoms with E-state index in [4.69, 9.17) is 5.26 Å². The van der Waals surface area contributed by atoms with Crippen molar-refractivity contribution in [3.05, 3.63) is 35.5 Å². The molecule has 5 heteroatoms. The lowest BCUT2D eigenvalue weighted by Gasteiger charge is -2.00.